The fourth-order valence-corrected chi connectivity index (χ4v) is 2.01. The summed E-state index contributed by atoms with van der Waals surface area (Å²) < 4.78 is 0. The second-order valence-corrected chi connectivity index (χ2v) is 4.34. The minimum atomic E-state index is 0.376. The van der Waals surface area contributed by atoms with Crippen molar-refractivity contribution in [1.29, 1.82) is 0 Å². The van der Waals surface area contributed by atoms with Crippen LogP contribution in [0.1, 0.15) is 13.3 Å². The summed E-state index contributed by atoms with van der Waals surface area (Å²) in [7, 11) is 2.20. The van der Waals surface area contributed by atoms with Gasteiger partial charge in [-0.05, 0) is 20.4 Å². The molecule has 1 saturated heterocycles. The van der Waals surface area contributed by atoms with E-state index in [-0.39, 0.29) is 0 Å². The summed E-state index contributed by atoms with van der Waals surface area (Å²) in [6, 6.07) is 0. The molecule has 12 heavy (non-hydrogen) atoms. The first kappa shape index (κ1) is 8.27. The van der Waals surface area contributed by atoms with E-state index in [1.54, 1.807) is 0 Å². The summed E-state index contributed by atoms with van der Waals surface area (Å²) in [6.45, 7) is 11.2. The van der Waals surface area contributed by atoms with Gasteiger partial charge in [0.2, 0.25) is 0 Å². The molecule has 0 amide bonds. The van der Waals surface area contributed by atoms with Crippen molar-refractivity contribution in [3.8, 4) is 0 Å². The van der Waals surface area contributed by atoms with E-state index in [0.717, 1.165) is 0 Å². The van der Waals surface area contributed by atoms with Gasteiger partial charge in [0.05, 0.1) is 0 Å². The third-order valence-corrected chi connectivity index (χ3v) is 3.40. The van der Waals surface area contributed by atoms with Gasteiger partial charge >= 0.3 is 0 Å². The van der Waals surface area contributed by atoms with Gasteiger partial charge in [0.25, 0.3) is 0 Å². The first-order valence-electron chi connectivity index (χ1n) is 4.75. The predicted octanol–water partition coefficient (Wildman–Crippen LogP) is 0.952. The maximum Gasteiger partial charge on any atom is 0.0429 e. The van der Waals surface area contributed by atoms with Crippen molar-refractivity contribution in [2.75, 3.05) is 33.2 Å². The number of hydrogen-bond acceptors (Lipinski definition) is 2. The first-order chi connectivity index (χ1) is 5.63. The number of rotatable bonds is 1. The van der Waals surface area contributed by atoms with Crippen LogP contribution in [0.5, 0.6) is 0 Å². The van der Waals surface area contributed by atoms with Gasteiger partial charge in [0, 0.05) is 31.7 Å². The van der Waals surface area contributed by atoms with Crippen LogP contribution < -0.4 is 0 Å². The van der Waals surface area contributed by atoms with Crippen LogP contribution in [0.25, 0.3) is 0 Å². The van der Waals surface area contributed by atoms with Gasteiger partial charge < -0.3 is 4.90 Å². The van der Waals surface area contributed by atoms with E-state index >= 15 is 0 Å². The average molecular weight is 166 g/mol. The van der Waals surface area contributed by atoms with Crippen LogP contribution in [0.3, 0.4) is 0 Å². The minimum Gasteiger partial charge on any atom is -0.304 e. The molecule has 1 aliphatic heterocycles. The van der Waals surface area contributed by atoms with Gasteiger partial charge in [-0.1, -0.05) is 12.2 Å². The maximum atomic E-state index is 4.06. The molecule has 2 aliphatic rings. The molecule has 0 bridgehead atoms. The lowest BCUT2D eigenvalue weighted by atomic mass is 10.2. The van der Waals surface area contributed by atoms with Crippen molar-refractivity contribution in [2.45, 2.75) is 18.9 Å². The Bertz CT molecular complexity index is 204. The third kappa shape index (κ3) is 1.19. The summed E-state index contributed by atoms with van der Waals surface area (Å²) in [5.74, 6) is 0. The molecule has 1 aliphatic carbocycles. The predicted molar refractivity (Wildman–Crippen MR) is 51.2 cm³/mol. The smallest absolute Gasteiger partial charge is 0.0429 e. The van der Waals surface area contributed by atoms with Gasteiger partial charge in [-0.3, -0.25) is 4.90 Å². The molecule has 1 heterocycles. The molecule has 1 atom stereocenters. The van der Waals surface area contributed by atoms with Crippen molar-refractivity contribution in [3.63, 3.8) is 0 Å². The lowest BCUT2D eigenvalue weighted by molar-refractivity contribution is 0.113. The van der Waals surface area contributed by atoms with Crippen LogP contribution >= 0.6 is 0 Å². The highest BCUT2D eigenvalue weighted by atomic mass is 15.3. The zero-order valence-electron chi connectivity index (χ0n) is 8.14. The molecule has 0 radical (unpaired) electrons. The molecule has 2 nitrogen and oxygen atoms in total. The Morgan fingerprint density at radius 3 is 2.17 bits per heavy atom. The number of piperazine rings is 1. The Morgan fingerprint density at radius 1 is 1.25 bits per heavy atom. The van der Waals surface area contributed by atoms with E-state index < -0.39 is 0 Å². The fourth-order valence-electron chi connectivity index (χ4n) is 2.01. The zero-order chi connectivity index (χ0) is 8.77. The van der Waals surface area contributed by atoms with Crippen LogP contribution in [-0.4, -0.2) is 48.6 Å². The van der Waals surface area contributed by atoms with Crippen molar-refractivity contribution >= 4 is 0 Å². The molecule has 0 aromatic rings. The quantitative estimate of drug-likeness (QED) is 0.535. The Morgan fingerprint density at radius 2 is 1.75 bits per heavy atom. The average Bonchev–Trinajstić information content (AvgIpc) is 2.62. The Labute approximate surface area is 74.8 Å². The van der Waals surface area contributed by atoms with E-state index in [4.69, 9.17) is 0 Å². The molecule has 0 spiro atoms. The molecule has 0 aromatic heterocycles. The van der Waals surface area contributed by atoms with E-state index in [9.17, 15) is 0 Å². The molecular weight excluding hydrogens is 148 g/mol. The third-order valence-electron chi connectivity index (χ3n) is 3.40. The monoisotopic (exact) mass is 166 g/mol. The molecule has 1 saturated carbocycles. The van der Waals surface area contributed by atoms with Crippen molar-refractivity contribution in [3.05, 3.63) is 12.2 Å². The molecule has 2 rings (SSSR count). The highest BCUT2D eigenvalue weighted by molar-refractivity contribution is 5.35. The van der Waals surface area contributed by atoms with E-state index in [2.05, 4.69) is 30.4 Å². The zero-order valence-corrected chi connectivity index (χ0v) is 8.14. The first-order valence-corrected chi connectivity index (χ1v) is 4.75. The lowest BCUT2D eigenvalue weighted by Gasteiger charge is -2.36. The molecule has 2 heteroatoms. The van der Waals surface area contributed by atoms with Crippen LogP contribution in [0.15, 0.2) is 12.2 Å². The topological polar surface area (TPSA) is 6.48 Å². The Balaban J connectivity index is 1.94. The summed E-state index contributed by atoms with van der Waals surface area (Å²) >= 11 is 0. The maximum absolute atomic E-state index is 4.06. The summed E-state index contributed by atoms with van der Waals surface area (Å²) in [5, 5.41) is 0. The highest BCUT2D eigenvalue weighted by Crippen LogP contribution is 2.46. The number of hydrogen-bond donors (Lipinski definition) is 0. The summed E-state index contributed by atoms with van der Waals surface area (Å²) in [5.41, 5.74) is 1.80. The standard InChI is InChI=1S/C10H18N2/c1-9-8-10(9,2)12-6-4-11(3)5-7-12/h1,4-8H2,2-3H3. The van der Waals surface area contributed by atoms with Gasteiger partial charge in [-0.2, -0.15) is 0 Å². The Kier molecular flexibility index (Phi) is 1.77. The van der Waals surface area contributed by atoms with Crippen LogP contribution in [0.2, 0.25) is 0 Å². The highest BCUT2D eigenvalue weighted by Gasteiger charge is 2.47. The SMILES string of the molecule is C=C1CC1(C)N1CCN(C)CC1. The largest absolute Gasteiger partial charge is 0.304 e. The van der Waals surface area contributed by atoms with Crippen molar-refractivity contribution < 1.29 is 0 Å². The van der Waals surface area contributed by atoms with Crippen LogP contribution in [0, 0.1) is 0 Å². The van der Waals surface area contributed by atoms with E-state index in [1.807, 2.05) is 0 Å². The molecule has 0 aromatic carbocycles. The normalized spacial score (nSPS) is 38.7. The number of likely N-dealkylation sites (N-methyl/N-ethyl adjacent to an activating group) is 1. The number of nitrogens with zero attached hydrogens (tertiary/aromatic N) is 2. The molecule has 0 N–H and O–H groups in total. The minimum absolute atomic E-state index is 0.376. The van der Waals surface area contributed by atoms with Crippen molar-refractivity contribution in [1.82, 2.24) is 9.80 Å². The second-order valence-electron chi connectivity index (χ2n) is 4.34. The van der Waals surface area contributed by atoms with Gasteiger partial charge in [-0.15, -0.1) is 0 Å². The van der Waals surface area contributed by atoms with Crippen LogP contribution in [-0.2, 0) is 0 Å². The molecule has 68 valence electrons. The Hall–Kier alpha value is -0.340. The van der Waals surface area contributed by atoms with Gasteiger partial charge in [0.1, 0.15) is 0 Å². The second kappa shape index (κ2) is 2.57. The van der Waals surface area contributed by atoms with E-state index in [0.29, 0.717) is 5.54 Å². The van der Waals surface area contributed by atoms with Gasteiger partial charge in [0.15, 0.2) is 0 Å². The summed E-state index contributed by atoms with van der Waals surface area (Å²) in [4.78, 5) is 4.97. The fraction of sp³-hybridized carbons (Fsp3) is 0.800. The van der Waals surface area contributed by atoms with E-state index in [1.165, 1.54) is 38.2 Å². The van der Waals surface area contributed by atoms with Gasteiger partial charge in [-0.25, -0.2) is 0 Å². The lowest BCUT2D eigenvalue weighted by Crippen LogP contribution is -2.49. The molecule has 1 unspecified atom stereocenters. The van der Waals surface area contributed by atoms with Crippen molar-refractivity contribution in [2.24, 2.45) is 0 Å². The molecule has 2 fully saturated rings. The summed E-state index contributed by atoms with van der Waals surface area (Å²) in [6.07, 6.45) is 1.22. The molecular formula is C10H18N2. The van der Waals surface area contributed by atoms with Crippen LogP contribution in [0.4, 0.5) is 0 Å².